The van der Waals surface area contributed by atoms with Gasteiger partial charge in [-0.1, -0.05) is 11.6 Å². The standard InChI is InChI=1S/C14H13ClN2O3/c15-9-1-2-12-10(7-9)13(18)11(8-16-12)14(19)17-3-5-20-6-4-17/h1-2,7-8H,3-6H2,(H,16,18). The lowest BCUT2D eigenvalue weighted by molar-refractivity contribution is 0.0302. The molecule has 1 saturated heterocycles. The van der Waals surface area contributed by atoms with Gasteiger partial charge in [0.05, 0.1) is 13.2 Å². The largest absolute Gasteiger partial charge is 0.378 e. The molecule has 5 nitrogen and oxygen atoms in total. The lowest BCUT2D eigenvalue weighted by Crippen LogP contribution is -2.42. The molecule has 6 heteroatoms. The number of hydrogen-bond acceptors (Lipinski definition) is 3. The van der Waals surface area contributed by atoms with Crippen LogP contribution in [0.1, 0.15) is 10.4 Å². The van der Waals surface area contributed by atoms with Crippen LogP contribution < -0.4 is 5.43 Å². The molecule has 20 heavy (non-hydrogen) atoms. The number of halogens is 1. The van der Waals surface area contributed by atoms with E-state index in [4.69, 9.17) is 16.3 Å². The summed E-state index contributed by atoms with van der Waals surface area (Å²) < 4.78 is 5.20. The van der Waals surface area contributed by atoms with Crippen molar-refractivity contribution in [1.82, 2.24) is 9.88 Å². The molecular formula is C14H13ClN2O3. The summed E-state index contributed by atoms with van der Waals surface area (Å²) in [5.74, 6) is -0.267. The molecule has 0 aliphatic carbocycles. The summed E-state index contributed by atoms with van der Waals surface area (Å²) in [4.78, 5) is 29.4. The Morgan fingerprint density at radius 3 is 2.80 bits per heavy atom. The second kappa shape index (κ2) is 5.26. The van der Waals surface area contributed by atoms with Gasteiger partial charge in [-0.05, 0) is 18.2 Å². The van der Waals surface area contributed by atoms with Gasteiger partial charge >= 0.3 is 0 Å². The SMILES string of the molecule is O=C(c1c[nH]c2ccc(Cl)cc2c1=O)N1CCOCC1. The first-order valence-corrected chi connectivity index (χ1v) is 6.72. The molecule has 1 aromatic heterocycles. The monoisotopic (exact) mass is 292 g/mol. The third-order valence-electron chi connectivity index (χ3n) is 3.37. The van der Waals surface area contributed by atoms with Crippen molar-refractivity contribution in [2.45, 2.75) is 0 Å². The molecule has 2 aromatic rings. The van der Waals surface area contributed by atoms with Gasteiger partial charge in [0, 0.05) is 35.2 Å². The zero-order valence-corrected chi connectivity index (χ0v) is 11.4. The fourth-order valence-electron chi connectivity index (χ4n) is 2.29. The van der Waals surface area contributed by atoms with E-state index in [9.17, 15) is 9.59 Å². The van der Waals surface area contributed by atoms with E-state index in [0.29, 0.717) is 42.2 Å². The Labute approximate surface area is 120 Å². The lowest BCUT2D eigenvalue weighted by Gasteiger charge is -2.26. The first-order chi connectivity index (χ1) is 9.66. The maximum atomic E-state index is 12.4. The van der Waals surface area contributed by atoms with Gasteiger partial charge in [-0.15, -0.1) is 0 Å². The first-order valence-electron chi connectivity index (χ1n) is 6.35. The van der Waals surface area contributed by atoms with E-state index in [-0.39, 0.29) is 16.9 Å². The van der Waals surface area contributed by atoms with Crippen molar-refractivity contribution >= 4 is 28.4 Å². The minimum Gasteiger partial charge on any atom is -0.378 e. The highest BCUT2D eigenvalue weighted by molar-refractivity contribution is 6.31. The van der Waals surface area contributed by atoms with Crippen LogP contribution in [0.15, 0.2) is 29.2 Å². The van der Waals surface area contributed by atoms with Crippen molar-refractivity contribution < 1.29 is 9.53 Å². The van der Waals surface area contributed by atoms with Crippen LogP contribution in [0.2, 0.25) is 5.02 Å². The topological polar surface area (TPSA) is 62.4 Å². The van der Waals surface area contributed by atoms with Gasteiger partial charge in [-0.2, -0.15) is 0 Å². The van der Waals surface area contributed by atoms with Crippen molar-refractivity contribution in [2.24, 2.45) is 0 Å². The highest BCUT2D eigenvalue weighted by atomic mass is 35.5. The van der Waals surface area contributed by atoms with Crippen LogP contribution in [0.5, 0.6) is 0 Å². The van der Waals surface area contributed by atoms with E-state index in [1.165, 1.54) is 6.20 Å². The predicted molar refractivity (Wildman–Crippen MR) is 76.3 cm³/mol. The van der Waals surface area contributed by atoms with Gasteiger partial charge in [-0.25, -0.2) is 0 Å². The van der Waals surface area contributed by atoms with Gasteiger partial charge in [0.1, 0.15) is 5.56 Å². The molecule has 1 aromatic carbocycles. The number of rotatable bonds is 1. The summed E-state index contributed by atoms with van der Waals surface area (Å²) >= 11 is 5.91. The summed E-state index contributed by atoms with van der Waals surface area (Å²) in [5.41, 5.74) is 0.511. The van der Waals surface area contributed by atoms with Gasteiger partial charge in [0.15, 0.2) is 0 Å². The maximum absolute atomic E-state index is 12.4. The number of morpholine rings is 1. The Hall–Kier alpha value is -1.85. The van der Waals surface area contributed by atoms with Crippen molar-refractivity contribution in [2.75, 3.05) is 26.3 Å². The second-order valence-electron chi connectivity index (χ2n) is 4.63. The number of hydrogen-bond donors (Lipinski definition) is 1. The quantitative estimate of drug-likeness (QED) is 0.869. The number of nitrogens with one attached hydrogen (secondary N) is 1. The molecule has 1 N–H and O–H groups in total. The van der Waals surface area contributed by atoms with E-state index in [0.717, 1.165) is 0 Å². The number of fused-ring (bicyclic) bond motifs is 1. The van der Waals surface area contributed by atoms with E-state index >= 15 is 0 Å². The average Bonchev–Trinajstić information content (AvgIpc) is 2.48. The molecule has 0 bridgehead atoms. The number of amides is 1. The molecule has 0 spiro atoms. The molecule has 1 aliphatic heterocycles. The number of nitrogens with zero attached hydrogens (tertiary/aromatic N) is 1. The van der Waals surface area contributed by atoms with Crippen molar-refractivity contribution in [3.05, 3.63) is 45.2 Å². The number of aromatic amines is 1. The highest BCUT2D eigenvalue weighted by Gasteiger charge is 2.21. The van der Waals surface area contributed by atoms with Crippen molar-refractivity contribution in [3.8, 4) is 0 Å². The minimum absolute atomic E-state index is 0.140. The van der Waals surface area contributed by atoms with Crippen molar-refractivity contribution in [1.29, 1.82) is 0 Å². The summed E-state index contributed by atoms with van der Waals surface area (Å²) in [6.07, 6.45) is 1.47. The number of aromatic nitrogens is 1. The van der Waals surface area contributed by atoms with Gasteiger partial charge in [-0.3, -0.25) is 9.59 Å². The number of H-pyrrole nitrogens is 1. The molecule has 1 amide bonds. The molecule has 0 unspecified atom stereocenters. The first kappa shape index (κ1) is 13.1. The van der Waals surface area contributed by atoms with Crippen LogP contribution in [0.25, 0.3) is 10.9 Å². The molecule has 1 aliphatic rings. The molecule has 104 valence electrons. The van der Waals surface area contributed by atoms with Crippen LogP contribution >= 0.6 is 11.6 Å². The lowest BCUT2D eigenvalue weighted by atomic mass is 10.1. The van der Waals surface area contributed by atoms with Crippen LogP contribution in [-0.4, -0.2) is 42.1 Å². The summed E-state index contributed by atoms with van der Waals surface area (Å²) in [6, 6.07) is 5.00. The summed E-state index contributed by atoms with van der Waals surface area (Å²) in [5, 5.41) is 0.899. The highest BCUT2D eigenvalue weighted by Crippen LogP contribution is 2.15. The molecule has 0 saturated carbocycles. The smallest absolute Gasteiger partial charge is 0.259 e. The zero-order valence-electron chi connectivity index (χ0n) is 10.7. The van der Waals surface area contributed by atoms with Gasteiger partial charge in [0.25, 0.3) is 5.91 Å². The number of ether oxygens (including phenoxy) is 1. The van der Waals surface area contributed by atoms with Crippen LogP contribution in [0.4, 0.5) is 0 Å². The Kier molecular flexibility index (Phi) is 3.46. The molecule has 0 atom stereocenters. The normalized spacial score (nSPS) is 15.6. The molecule has 3 rings (SSSR count). The van der Waals surface area contributed by atoms with Gasteiger partial charge in [0.2, 0.25) is 5.43 Å². The predicted octanol–water partition coefficient (Wildman–Crippen LogP) is 1.65. The Balaban J connectivity index is 2.05. The van der Waals surface area contributed by atoms with Crippen LogP contribution in [0, 0.1) is 0 Å². The Bertz CT molecular complexity index is 720. The fourth-order valence-corrected chi connectivity index (χ4v) is 2.46. The number of benzene rings is 1. The van der Waals surface area contributed by atoms with E-state index in [1.807, 2.05) is 0 Å². The Morgan fingerprint density at radius 1 is 1.30 bits per heavy atom. The van der Waals surface area contributed by atoms with E-state index in [2.05, 4.69) is 4.98 Å². The third kappa shape index (κ3) is 2.30. The fraction of sp³-hybridized carbons (Fsp3) is 0.286. The van der Waals surface area contributed by atoms with E-state index in [1.54, 1.807) is 23.1 Å². The number of carbonyl (C=O) groups excluding carboxylic acids is 1. The second-order valence-corrected chi connectivity index (χ2v) is 5.06. The Morgan fingerprint density at radius 2 is 2.05 bits per heavy atom. The van der Waals surface area contributed by atoms with Crippen molar-refractivity contribution in [3.63, 3.8) is 0 Å². The minimum atomic E-state index is -0.294. The van der Waals surface area contributed by atoms with Crippen LogP contribution in [-0.2, 0) is 4.74 Å². The van der Waals surface area contributed by atoms with Gasteiger partial charge < -0.3 is 14.6 Å². The average molecular weight is 293 g/mol. The molecule has 1 fully saturated rings. The molecule has 0 radical (unpaired) electrons. The molecule has 2 heterocycles. The van der Waals surface area contributed by atoms with Crippen LogP contribution in [0.3, 0.4) is 0 Å². The number of carbonyl (C=O) groups is 1. The molecular weight excluding hydrogens is 280 g/mol. The number of pyridine rings is 1. The van der Waals surface area contributed by atoms with E-state index < -0.39 is 0 Å². The maximum Gasteiger partial charge on any atom is 0.259 e. The summed E-state index contributed by atoms with van der Waals surface area (Å²) in [7, 11) is 0. The summed E-state index contributed by atoms with van der Waals surface area (Å²) in [6.45, 7) is 2.02. The zero-order chi connectivity index (χ0) is 14.1. The third-order valence-corrected chi connectivity index (χ3v) is 3.61.